The van der Waals surface area contributed by atoms with Gasteiger partial charge in [-0.05, 0) is 36.1 Å². The first kappa shape index (κ1) is 18.8. The smallest absolute Gasteiger partial charge is 0.211 e. The summed E-state index contributed by atoms with van der Waals surface area (Å²) in [7, 11) is 0. The predicted molar refractivity (Wildman–Crippen MR) is 98.4 cm³/mol. The third-order valence-corrected chi connectivity index (χ3v) is 4.97. The fraction of sp³-hybridized carbons (Fsp3) is 0.333. The molecule has 0 fully saturated rings. The molecule has 0 radical (unpaired) electrons. The molecule has 0 bridgehead atoms. The SMILES string of the molecule is C=CC(=O)SC(C)Cc1ccc(CC(C)SC(=O)C=C)cc1. The molecule has 0 heterocycles. The average Bonchev–Trinajstić information content (AvgIpc) is 2.48. The summed E-state index contributed by atoms with van der Waals surface area (Å²) >= 11 is 2.62. The van der Waals surface area contributed by atoms with Crippen LogP contribution in [0, 0.1) is 0 Å². The average molecular weight is 335 g/mol. The lowest BCUT2D eigenvalue weighted by Crippen LogP contribution is -2.06. The molecule has 0 saturated carbocycles. The molecule has 2 unspecified atom stereocenters. The highest BCUT2D eigenvalue weighted by Crippen LogP contribution is 2.20. The van der Waals surface area contributed by atoms with E-state index in [4.69, 9.17) is 0 Å². The fourth-order valence-corrected chi connectivity index (χ4v) is 3.59. The molecular formula is C18H22O2S2. The molecule has 2 nitrogen and oxygen atoms in total. The van der Waals surface area contributed by atoms with E-state index in [-0.39, 0.29) is 20.7 Å². The maximum Gasteiger partial charge on any atom is 0.211 e. The van der Waals surface area contributed by atoms with Crippen LogP contribution in [0.25, 0.3) is 0 Å². The molecule has 0 aliphatic heterocycles. The molecule has 22 heavy (non-hydrogen) atoms. The second-order valence-electron chi connectivity index (χ2n) is 5.13. The molecule has 0 aliphatic carbocycles. The van der Waals surface area contributed by atoms with E-state index in [1.807, 2.05) is 13.8 Å². The summed E-state index contributed by atoms with van der Waals surface area (Å²) in [6, 6.07) is 8.38. The lowest BCUT2D eigenvalue weighted by molar-refractivity contribution is -0.107. The Labute approximate surface area is 141 Å². The van der Waals surface area contributed by atoms with Crippen molar-refractivity contribution in [1.29, 1.82) is 0 Å². The Hall–Kier alpha value is -1.26. The summed E-state index contributed by atoms with van der Waals surface area (Å²) in [6.07, 6.45) is 4.41. The van der Waals surface area contributed by atoms with Crippen LogP contribution in [0.3, 0.4) is 0 Å². The van der Waals surface area contributed by atoms with Crippen LogP contribution in [-0.2, 0) is 22.4 Å². The van der Waals surface area contributed by atoms with Crippen LogP contribution in [0.4, 0.5) is 0 Å². The van der Waals surface area contributed by atoms with Crippen molar-refractivity contribution >= 4 is 33.8 Å². The lowest BCUT2D eigenvalue weighted by atomic mass is 10.0. The summed E-state index contributed by atoms with van der Waals surface area (Å²) in [6.45, 7) is 11.1. The van der Waals surface area contributed by atoms with Gasteiger partial charge < -0.3 is 0 Å². The van der Waals surface area contributed by atoms with Gasteiger partial charge in [0.25, 0.3) is 0 Å². The van der Waals surface area contributed by atoms with E-state index in [9.17, 15) is 9.59 Å². The molecule has 1 aromatic carbocycles. The monoisotopic (exact) mass is 334 g/mol. The highest BCUT2D eigenvalue weighted by atomic mass is 32.2. The quantitative estimate of drug-likeness (QED) is 0.658. The lowest BCUT2D eigenvalue weighted by Gasteiger charge is -2.11. The van der Waals surface area contributed by atoms with Crippen molar-refractivity contribution in [3.8, 4) is 0 Å². The van der Waals surface area contributed by atoms with Crippen LogP contribution in [0.15, 0.2) is 49.6 Å². The Morgan fingerprint density at radius 2 is 1.23 bits per heavy atom. The van der Waals surface area contributed by atoms with Gasteiger partial charge in [0.05, 0.1) is 0 Å². The zero-order valence-corrected chi connectivity index (χ0v) is 14.7. The van der Waals surface area contributed by atoms with Crippen molar-refractivity contribution in [3.63, 3.8) is 0 Å². The summed E-state index contributed by atoms with van der Waals surface area (Å²) in [5.74, 6) is 0. The standard InChI is InChI=1S/C18H22O2S2/c1-5-17(19)21-13(3)11-15-7-9-16(10-8-15)12-14(4)22-18(20)6-2/h5-10,13-14H,1-2,11-12H2,3-4H3. The van der Waals surface area contributed by atoms with Gasteiger partial charge in [-0.15, -0.1) is 0 Å². The number of benzene rings is 1. The molecule has 0 spiro atoms. The third-order valence-electron chi connectivity index (χ3n) is 3.04. The van der Waals surface area contributed by atoms with Gasteiger partial charge in [-0.1, -0.05) is 74.8 Å². The summed E-state index contributed by atoms with van der Waals surface area (Å²) in [4.78, 5) is 22.6. The number of carbonyl (C=O) groups is 2. The minimum atomic E-state index is 0.0156. The highest BCUT2D eigenvalue weighted by molar-refractivity contribution is 8.14. The highest BCUT2D eigenvalue weighted by Gasteiger charge is 2.10. The van der Waals surface area contributed by atoms with Crippen molar-refractivity contribution in [1.82, 2.24) is 0 Å². The van der Waals surface area contributed by atoms with Crippen LogP contribution in [0.2, 0.25) is 0 Å². The molecule has 0 N–H and O–H groups in total. The van der Waals surface area contributed by atoms with E-state index < -0.39 is 0 Å². The second kappa shape index (κ2) is 9.70. The second-order valence-corrected chi connectivity index (χ2v) is 8.01. The van der Waals surface area contributed by atoms with Crippen molar-refractivity contribution in [2.24, 2.45) is 0 Å². The Morgan fingerprint density at radius 1 is 0.909 bits per heavy atom. The van der Waals surface area contributed by atoms with E-state index in [2.05, 4.69) is 37.4 Å². The Bertz CT molecular complexity index is 486. The van der Waals surface area contributed by atoms with Crippen LogP contribution in [-0.4, -0.2) is 20.7 Å². The first-order chi connectivity index (χ1) is 10.4. The normalized spacial score (nSPS) is 13.2. The zero-order chi connectivity index (χ0) is 16.5. The van der Waals surface area contributed by atoms with Crippen molar-refractivity contribution in [3.05, 3.63) is 60.7 Å². The molecule has 2 atom stereocenters. The van der Waals surface area contributed by atoms with E-state index in [1.165, 1.54) is 46.8 Å². The zero-order valence-electron chi connectivity index (χ0n) is 13.1. The molecule has 4 heteroatoms. The van der Waals surface area contributed by atoms with Crippen molar-refractivity contribution in [2.45, 2.75) is 37.2 Å². The van der Waals surface area contributed by atoms with Gasteiger partial charge >= 0.3 is 0 Å². The van der Waals surface area contributed by atoms with Crippen LogP contribution in [0.5, 0.6) is 0 Å². The largest absolute Gasteiger partial charge is 0.282 e. The Kier molecular flexibility index (Phi) is 8.28. The maximum atomic E-state index is 11.3. The molecule has 1 rings (SSSR count). The topological polar surface area (TPSA) is 34.1 Å². The van der Waals surface area contributed by atoms with Gasteiger partial charge in [0.1, 0.15) is 0 Å². The summed E-state index contributed by atoms with van der Waals surface area (Å²) < 4.78 is 0. The van der Waals surface area contributed by atoms with E-state index >= 15 is 0 Å². The molecule has 0 aliphatic rings. The van der Waals surface area contributed by atoms with E-state index in [0.29, 0.717) is 0 Å². The van der Waals surface area contributed by atoms with Gasteiger partial charge in [-0.2, -0.15) is 0 Å². The van der Waals surface area contributed by atoms with Crippen LogP contribution >= 0.6 is 23.5 Å². The fourth-order valence-electron chi connectivity index (χ4n) is 2.05. The number of hydrogen-bond acceptors (Lipinski definition) is 4. The summed E-state index contributed by atoms with van der Waals surface area (Å²) in [5, 5.41) is 0.496. The molecular weight excluding hydrogens is 312 g/mol. The first-order valence-corrected chi connectivity index (χ1v) is 8.94. The predicted octanol–water partition coefficient (Wildman–Crippen LogP) is 4.44. The van der Waals surface area contributed by atoms with Gasteiger partial charge in [0.15, 0.2) is 0 Å². The molecule has 0 saturated heterocycles. The van der Waals surface area contributed by atoms with Crippen molar-refractivity contribution in [2.75, 3.05) is 0 Å². The van der Waals surface area contributed by atoms with Gasteiger partial charge in [0.2, 0.25) is 10.2 Å². The molecule has 0 aromatic heterocycles. The van der Waals surface area contributed by atoms with Crippen LogP contribution in [0.1, 0.15) is 25.0 Å². The minimum absolute atomic E-state index is 0.0156. The van der Waals surface area contributed by atoms with Gasteiger partial charge in [-0.3, -0.25) is 9.59 Å². The third kappa shape index (κ3) is 7.14. The van der Waals surface area contributed by atoms with Gasteiger partial charge in [-0.25, -0.2) is 0 Å². The van der Waals surface area contributed by atoms with Gasteiger partial charge in [0, 0.05) is 10.5 Å². The molecule has 1 aromatic rings. The minimum Gasteiger partial charge on any atom is -0.282 e. The number of carbonyl (C=O) groups excluding carboxylic acids is 2. The first-order valence-electron chi connectivity index (χ1n) is 7.18. The van der Waals surface area contributed by atoms with E-state index in [0.717, 1.165) is 12.8 Å². The van der Waals surface area contributed by atoms with E-state index in [1.54, 1.807) is 0 Å². The number of thioether (sulfide) groups is 2. The number of rotatable bonds is 8. The maximum absolute atomic E-state index is 11.3. The molecule has 0 amide bonds. The van der Waals surface area contributed by atoms with Crippen LogP contribution < -0.4 is 0 Å². The van der Waals surface area contributed by atoms with Crippen molar-refractivity contribution < 1.29 is 9.59 Å². The molecule has 118 valence electrons. The summed E-state index contributed by atoms with van der Waals surface area (Å²) in [5.41, 5.74) is 2.42. The Balaban J connectivity index is 2.52. The Morgan fingerprint density at radius 3 is 1.50 bits per heavy atom. The number of hydrogen-bond donors (Lipinski definition) is 0.